The third kappa shape index (κ3) is 6.24. The average Bonchev–Trinajstić information content (AvgIpc) is 3.48. The Labute approximate surface area is 199 Å². The standard InChI is InChI=1S/C25H33FN6O2/c1-31(25(34)28-20-7-5-8-22(16-20)32-15-13-27-24(32)33)14-4-2-3-6-21-17-23(30-29-21)18-9-11-19(26)12-10-18/h5,7-12,16,21,23,29-30H,2-4,6,13-15,17H2,1H3,(H,27,33)(H,28,34). The number of unbranched alkanes of at least 4 members (excludes halogenated alkanes) is 2. The highest BCUT2D eigenvalue weighted by Crippen LogP contribution is 2.25. The molecule has 0 saturated carbocycles. The molecular formula is C25H33FN6O2. The number of nitrogens with zero attached hydrogens (tertiary/aromatic N) is 2. The zero-order valence-corrected chi connectivity index (χ0v) is 19.5. The minimum atomic E-state index is -0.213. The molecule has 0 aliphatic carbocycles. The maximum absolute atomic E-state index is 13.1. The molecule has 2 aliphatic heterocycles. The predicted molar refractivity (Wildman–Crippen MR) is 131 cm³/mol. The van der Waals surface area contributed by atoms with Gasteiger partial charge in [0.15, 0.2) is 0 Å². The van der Waals surface area contributed by atoms with E-state index in [2.05, 4.69) is 21.5 Å². The molecule has 4 rings (SSSR count). The SMILES string of the molecule is CN(CCCCCC1CC(c2ccc(F)cc2)NN1)C(=O)Nc1cccc(N2CCNC2=O)c1. The Balaban J connectivity index is 1.13. The van der Waals surface area contributed by atoms with Gasteiger partial charge >= 0.3 is 12.1 Å². The molecule has 2 aromatic carbocycles. The van der Waals surface area contributed by atoms with E-state index in [0.29, 0.717) is 31.4 Å². The number of urea groups is 2. The molecule has 2 atom stereocenters. The fourth-order valence-electron chi connectivity index (χ4n) is 4.43. The number of rotatable bonds is 9. The summed E-state index contributed by atoms with van der Waals surface area (Å²) in [4.78, 5) is 27.8. The first-order valence-electron chi connectivity index (χ1n) is 11.9. The second-order valence-corrected chi connectivity index (χ2v) is 8.96. The summed E-state index contributed by atoms with van der Waals surface area (Å²) in [5, 5.41) is 5.70. The van der Waals surface area contributed by atoms with Crippen LogP contribution in [-0.4, -0.2) is 49.7 Å². The van der Waals surface area contributed by atoms with Crippen molar-refractivity contribution in [3.8, 4) is 0 Å². The van der Waals surface area contributed by atoms with Crippen molar-refractivity contribution in [2.45, 2.75) is 44.2 Å². The monoisotopic (exact) mass is 468 g/mol. The first-order valence-corrected chi connectivity index (χ1v) is 11.9. The molecule has 2 fully saturated rings. The van der Waals surface area contributed by atoms with Crippen molar-refractivity contribution in [3.63, 3.8) is 0 Å². The van der Waals surface area contributed by atoms with E-state index in [0.717, 1.165) is 43.4 Å². The number of nitrogens with one attached hydrogen (secondary N) is 4. The Kier molecular flexibility index (Phi) is 7.97. The molecule has 0 bridgehead atoms. The maximum atomic E-state index is 13.1. The lowest BCUT2D eigenvalue weighted by molar-refractivity contribution is 0.221. The Morgan fingerprint density at radius 1 is 1.15 bits per heavy atom. The summed E-state index contributed by atoms with van der Waals surface area (Å²) in [5.74, 6) is -0.213. The van der Waals surface area contributed by atoms with Crippen LogP contribution in [0.2, 0.25) is 0 Å². The molecule has 9 heteroatoms. The van der Waals surface area contributed by atoms with Gasteiger partial charge in [0.1, 0.15) is 5.82 Å². The van der Waals surface area contributed by atoms with E-state index in [1.54, 1.807) is 16.8 Å². The predicted octanol–water partition coefficient (Wildman–Crippen LogP) is 3.99. The first-order chi connectivity index (χ1) is 16.5. The minimum absolute atomic E-state index is 0.116. The normalized spacial score (nSPS) is 19.8. The van der Waals surface area contributed by atoms with Crippen LogP contribution < -0.4 is 26.4 Å². The van der Waals surface area contributed by atoms with Crippen LogP contribution >= 0.6 is 0 Å². The average molecular weight is 469 g/mol. The number of hydrogen-bond acceptors (Lipinski definition) is 4. The summed E-state index contributed by atoms with van der Waals surface area (Å²) in [7, 11) is 1.79. The molecule has 2 saturated heterocycles. The van der Waals surface area contributed by atoms with Crippen LogP contribution in [0, 0.1) is 5.82 Å². The Hall–Kier alpha value is -3.17. The third-order valence-corrected chi connectivity index (χ3v) is 6.41. The highest BCUT2D eigenvalue weighted by molar-refractivity contribution is 5.95. The molecule has 4 amide bonds. The summed E-state index contributed by atoms with van der Waals surface area (Å²) < 4.78 is 13.1. The number of carbonyl (C=O) groups is 2. The van der Waals surface area contributed by atoms with Crippen molar-refractivity contribution in [1.82, 2.24) is 21.1 Å². The van der Waals surface area contributed by atoms with Gasteiger partial charge in [0.2, 0.25) is 0 Å². The highest BCUT2D eigenvalue weighted by Gasteiger charge is 2.24. The minimum Gasteiger partial charge on any atom is -0.336 e. The van der Waals surface area contributed by atoms with Gasteiger partial charge in [-0.3, -0.25) is 15.8 Å². The molecule has 0 radical (unpaired) electrons. The molecule has 2 unspecified atom stereocenters. The van der Waals surface area contributed by atoms with Crippen molar-refractivity contribution in [3.05, 3.63) is 59.9 Å². The van der Waals surface area contributed by atoms with E-state index < -0.39 is 0 Å². The number of benzene rings is 2. The molecule has 34 heavy (non-hydrogen) atoms. The number of hydrazine groups is 1. The van der Waals surface area contributed by atoms with E-state index in [4.69, 9.17) is 0 Å². The van der Waals surface area contributed by atoms with Gasteiger partial charge in [0, 0.05) is 50.1 Å². The molecule has 2 heterocycles. The van der Waals surface area contributed by atoms with Gasteiger partial charge in [-0.2, -0.15) is 0 Å². The zero-order chi connectivity index (χ0) is 23.9. The number of carbonyl (C=O) groups excluding carboxylic acids is 2. The van der Waals surface area contributed by atoms with Gasteiger partial charge < -0.3 is 15.5 Å². The third-order valence-electron chi connectivity index (χ3n) is 6.41. The van der Waals surface area contributed by atoms with Crippen LogP contribution in [0.15, 0.2) is 48.5 Å². The van der Waals surface area contributed by atoms with Gasteiger partial charge in [-0.15, -0.1) is 0 Å². The van der Waals surface area contributed by atoms with Gasteiger partial charge in [0.25, 0.3) is 0 Å². The highest BCUT2D eigenvalue weighted by atomic mass is 19.1. The Bertz CT molecular complexity index is 986. The van der Waals surface area contributed by atoms with E-state index in [9.17, 15) is 14.0 Å². The molecule has 0 spiro atoms. The lowest BCUT2D eigenvalue weighted by Crippen LogP contribution is -2.32. The second kappa shape index (κ2) is 11.3. The Morgan fingerprint density at radius 3 is 2.74 bits per heavy atom. The summed E-state index contributed by atoms with van der Waals surface area (Å²) in [5.41, 5.74) is 9.19. The molecule has 2 aliphatic rings. The zero-order valence-electron chi connectivity index (χ0n) is 19.5. The van der Waals surface area contributed by atoms with Crippen molar-refractivity contribution in [2.24, 2.45) is 0 Å². The lowest BCUT2D eigenvalue weighted by atomic mass is 9.99. The van der Waals surface area contributed by atoms with Crippen LogP contribution in [0.25, 0.3) is 0 Å². The van der Waals surface area contributed by atoms with Crippen molar-refractivity contribution < 1.29 is 14.0 Å². The van der Waals surface area contributed by atoms with Crippen LogP contribution in [0.3, 0.4) is 0 Å². The Morgan fingerprint density at radius 2 is 1.97 bits per heavy atom. The fourth-order valence-corrected chi connectivity index (χ4v) is 4.43. The lowest BCUT2D eigenvalue weighted by Gasteiger charge is -2.19. The number of amides is 4. The smallest absolute Gasteiger partial charge is 0.321 e. The fraction of sp³-hybridized carbons (Fsp3) is 0.440. The van der Waals surface area contributed by atoms with Crippen LogP contribution in [0.1, 0.15) is 43.7 Å². The molecule has 182 valence electrons. The van der Waals surface area contributed by atoms with E-state index in [-0.39, 0.29) is 23.9 Å². The van der Waals surface area contributed by atoms with Gasteiger partial charge in [0.05, 0.1) is 0 Å². The number of halogens is 1. The quantitative estimate of drug-likeness (QED) is 0.419. The van der Waals surface area contributed by atoms with Crippen molar-refractivity contribution >= 4 is 23.4 Å². The van der Waals surface area contributed by atoms with E-state index in [1.807, 2.05) is 36.4 Å². The topological polar surface area (TPSA) is 88.7 Å². The van der Waals surface area contributed by atoms with Gasteiger partial charge in [-0.25, -0.2) is 14.0 Å². The number of anilines is 2. The summed E-state index contributed by atoms with van der Waals surface area (Å²) in [6, 6.07) is 14.3. The maximum Gasteiger partial charge on any atom is 0.321 e. The van der Waals surface area contributed by atoms with E-state index >= 15 is 0 Å². The van der Waals surface area contributed by atoms with Crippen molar-refractivity contribution in [1.29, 1.82) is 0 Å². The summed E-state index contributed by atoms with van der Waals surface area (Å²) in [6.45, 7) is 1.92. The van der Waals surface area contributed by atoms with Gasteiger partial charge in [-0.05, 0) is 55.2 Å². The molecule has 8 nitrogen and oxygen atoms in total. The van der Waals surface area contributed by atoms with Crippen LogP contribution in [-0.2, 0) is 0 Å². The molecular weight excluding hydrogens is 435 g/mol. The first kappa shape index (κ1) is 24.0. The molecule has 2 aromatic rings. The largest absolute Gasteiger partial charge is 0.336 e. The number of hydrogen-bond donors (Lipinski definition) is 4. The van der Waals surface area contributed by atoms with E-state index in [1.165, 1.54) is 12.1 Å². The van der Waals surface area contributed by atoms with Crippen LogP contribution in [0.4, 0.5) is 25.4 Å². The molecule has 0 aromatic heterocycles. The van der Waals surface area contributed by atoms with Gasteiger partial charge in [-0.1, -0.05) is 31.0 Å². The summed E-state index contributed by atoms with van der Waals surface area (Å²) in [6.07, 6.45) is 5.07. The van der Waals surface area contributed by atoms with Crippen molar-refractivity contribution in [2.75, 3.05) is 36.9 Å². The summed E-state index contributed by atoms with van der Waals surface area (Å²) >= 11 is 0. The molecule has 4 N–H and O–H groups in total. The second-order valence-electron chi connectivity index (χ2n) is 8.96. The van der Waals surface area contributed by atoms with Crippen LogP contribution in [0.5, 0.6) is 0 Å².